The zero-order valence-electron chi connectivity index (χ0n) is 13.1. The van der Waals surface area contributed by atoms with Crippen molar-refractivity contribution in [3.05, 3.63) is 23.8 Å². The first-order valence-corrected chi connectivity index (χ1v) is 7.63. The summed E-state index contributed by atoms with van der Waals surface area (Å²) in [5.41, 5.74) is 1.19. The molecule has 0 aliphatic heterocycles. The lowest BCUT2D eigenvalue weighted by atomic mass is 9.97. The van der Waals surface area contributed by atoms with Gasteiger partial charge in [0.15, 0.2) is 0 Å². The molecule has 2 atom stereocenters. The first-order valence-electron chi connectivity index (χ1n) is 7.63. The SMILES string of the molecule is COc1ccc(C(C)N[C@@H](C)C2CCCC2)c(OC)c1. The molecule has 0 spiro atoms. The molecule has 0 radical (unpaired) electrons. The number of hydrogen-bond donors (Lipinski definition) is 1. The zero-order chi connectivity index (χ0) is 14.5. The van der Waals surface area contributed by atoms with E-state index >= 15 is 0 Å². The fraction of sp³-hybridized carbons (Fsp3) is 0.647. The number of ether oxygens (including phenoxy) is 2. The Morgan fingerprint density at radius 2 is 1.80 bits per heavy atom. The lowest BCUT2D eigenvalue weighted by Crippen LogP contribution is -2.34. The van der Waals surface area contributed by atoms with Gasteiger partial charge >= 0.3 is 0 Å². The Morgan fingerprint density at radius 1 is 1.10 bits per heavy atom. The number of benzene rings is 1. The summed E-state index contributed by atoms with van der Waals surface area (Å²) in [5, 5.41) is 3.73. The first-order chi connectivity index (χ1) is 9.65. The predicted octanol–water partition coefficient (Wildman–Crippen LogP) is 3.93. The van der Waals surface area contributed by atoms with Crippen molar-refractivity contribution < 1.29 is 9.47 Å². The Balaban J connectivity index is 2.05. The van der Waals surface area contributed by atoms with E-state index < -0.39 is 0 Å². The smallest absolute Gasteiger partial charge is 0.127 e. The molecule has 1 N–H and O–H groups in total. The van der Waals surface area contributed by atoms with Gasteiger partial charge in [0, 0.05) is 23.7 Å². The van der Waals surface area contributed by atoms with Gasteiger partial charge in [-0.25, -0.2) is 0 Å². The summed E-state index contributed by atoms with van der Waals surface area (Å²) in [6, 6.07) is 6.88. The van der Waals surface area contributed by atoms with Gasteiger partial charge in [0.25, 0.3) is 0 Å². The highest BCUT2D eigenvalue weighted by atomic mass is 16.5. The fourth-order valence-corrected chi connectivity index (χ4v) is 3.25. The molecule has 1 saturated carbocycles. The highest BCUT2D eigenvalue weighted by Gasteiger charge is 2.23. The van der Waals surface area contributed by atoms with Crippen LogP contribution in [0.15, 0.2) is 18.2 Å². The van der Waals surface area contributed by atoms with Crippen molar-refractivity contribution in [3.8, 4) is 11.5 Å². The average molecular weight is 277 g/mol. The van der Waals surface area contributed by atoms with Crippen molar-refractivity contribution in [2.24, 2.45) is 5.92 Å². The van der Waals surface area contributed by atoms with Crippen LogP contribution in [0.4, 0.5) is 0 Å². The second kappa shape index (κ2) is 6.98. The van der Waals surface area contributed by atoms with Crippen LogP contribution in [0.5, 0.6) is 11.5 Å². The summed E-state index contributed by atoms with van der Waals surface area (Å²) in [6.45, 7) is 4.51. The lowest BCUT2D eigenvalue weighted by Gasteiger charge is -2.26. The van der Waals surface area contributed by atoms with Gasteiger partial charge in [0.05, 0.1) is 14.2 Å². The maximum absolute atomic E-state index is 5.50. The van der Waals surface area contributed by atoms with E-state index in [2.05, 4.69) is 25.2 Å². The standard InChI is InChI=1S/C17H27NO2/c1-12(14-7-5-6-8-14)18-13(2)16-10-9-15(19-3)11-17(16)20-4/h9-14,18H,5-8H2,1-4H3/t12-,13?/m0/s1. The van der Waals surface area contributed by atoms with E-state index in [-0.39, 0.29) is 6.04 Å². The molecule has 0 heterocycles. The van der Waals surface area contributed by atoms with Crippen molar-refractivity contribution in [2.45, 2.75) is 51.6 Å². The van der Waals surface area contributed by atoms with Crippen LogP contribution in [0.2, 0.25) is 0 Å². The molecular formula is C17H27NO2. The monoisotopic (exact) mass is 277 g/mol. The van der Waals surface area contributed by atoms with Crippen molar-refractivity contribution >= 4 is 0 Å². The molecule has 1 aromatic carbocycles. The number of nitrogens with one attached hydrogen (secondary N) is 1. The summed E-state index contributed by atoms with van der Waals surface area (Å²) in [7, 11) is 3.39. The van der Waals surface area contributed by atoms with Gasteiger partial charge in [0.1, 0.15) is 11.5 Å². The summed E-state index contributed by atoms with van der Waals surface area (Å²) < 4.78 is 10.7. The third-order valence-electron chi connectivity index (χ3n) is 4.53. The second-order valence-corrected chi connectivity index (χ2v) is 5.83. The molecule has 3 heteroatoms. The third kappa shape index (κ3) is 3.45. The van der Waals surface area contributed by atoms with Crippen LogP contribution in [0.25, 0.3) is 0 Å². The van der Waals surface area contributed by atoms with Gasteiger partial charge in [-0.1, -0.05) is 18.9 Å². The van der Waals surface area contributed by atoms with Crippen LogP contribution >= 0.6 is 0 Å². The highest BCUT2D eigenvalue weighted by Crippen LogP contribution is 2.32. The van der Waals surface area contributed by atoms with E-state index in [1.165, 1.54) is 31.2 Å². The van der Waals surface area contributed by atoms with Crippen molar-refractivity contribution in [2.75, 3.05) is 14.2 Å². The van der Waals surface area contributed by atoms with Gasteiger partial charge in [0.2, 0.25) is 0 Å². The van der Waals surface area contributed by atoms with Crippen molar-refractivity contribution in [3.63, 3.8) is 0 Å². The van der Waals surface area contributed by atoms with Gasteiger partial charge in [-0.05, 0) is 38.7 Å². The minimum absolute atomic E-state index is 0.284. The van der Waals surface area contributed by atoms with Crippen molar-refractivity contribution in [1.29, 1.82) is 0 Å². The number of rotatable bonds is 6. The fourth-order valence-electron chi connectivity index (χ4n) is 3.25. The van der Waals surface area contributed by atoms with Crippen molar-refractivity contribution in [1.82, 2.24) is 5.32 Å². The van der Waals surface area contributed by atoms with E-state index in [1.807, 2.05) is 12.1 Å². The maximum atomic E-state index is 5.50. The van der Waals surface area contributed by atoms with E-state index in [9.17, 15) is 0 Å². The van der Waals surface area contributed by atoms with Gasteiger partial charge in [-0.3, -0.25) is 0 Å². The molecule has 1 aliphatic rings. The van der Waals surface area contributed by atoms with Crippen LogP contribution in [0.1, 0.15) is 51.1 Å². The summed E-state index contributed by atoms with van der Waals surface area (Å²) in [4.78, 5) is 0. The number of hydrogen-bond acceptors (Lipinski definition) is 3. The van der Waals surface area contributed by atoms with Crippen LogP contribution in [-0.4, -0.2) is 20.3 Å². The molecule has 112 valence electrons. The normalized spacial score (nSPS) is 18.8. The Labute approximate surface area is 122 Å². The average Bonchev–Trinajstić information content (AvgIpc) is 3.00. The van der Waals surface area contributed by atoms with Crippen LogP contribution in [-0.2, 0) is 0 Å². The molecule has 2 rings (SSSR count). The molecule has 0 bridgehead atoms. The Kier molecular flexibility index (Phi) is 5.30. The third-order valence-corrected chi connectivity index (χ3v) is 4.53. The van der Waals surface area contributed by atoms with Gasteiger partial charge < -0.3 is 14.8 Å². The quantitative estimate of drug-likeness (QED) is 0.854. The predicted molar refractivity (Wildman–Crippen MR) is 82.5 cm³/mol. The molecule has 1 aliphatic carbocycles. The van der Waals surface area contributed by atoms with Gasteiger partial charge in [-0.15, -0.1) is 0 Å². The Morgan fingerprint density at radius 3 is 2.40 bits per heavy atom. The lowest BCUT2D eigenvalue weighted by molar-refractivity contribution is 0.342. The van der Waals surface area contributed by atoms with Crippen LogP contribution in [0, 0.1) is 5.92 Å². The number of methoxy groups -OCH3 is 2. The topological polar surface area (TPSA) is 30.5 Å². The van der Waals surface area contributed by atoms with Crippen LogP contribution < -0.4 is 14.8 Å². The molecule has 1 aromatic rings. The molecule has 1 fully saturated rings. The van der Waals surface area contributed by atoms with E-state index in [0.29, 0.717) is 6.04 Å². The molecule has 0 saturated heterocycles. The highest BCUT2D eigenvalue weighted by molar-refractivity contribution is 5.42. The Bertz CT molecular complexity index is 427. The molecule has 0 aromatic heterocycles. The minimum atomic E-state index is 0.284. The molecule has 1 unspecified atom stereocenters. The molecule has 0 amide bonds. The Hall–Kier alpha value is -1.22. The van der Waals surface area contributed by atoms with Crippen LogP contribution in [0.3, 0.4) is 0 Å². The minimum Gasteiger partial charge on any atom is -0.497 e. The molecule has 20 heavy (non-hydrogen) atoms. The maximum Gasteiger partial charge on any atom is 0.127 e. The van der Waals surface area contributed by atoms with E-state index in [1.54, 1.807) is 14.2 Å². The van der Waals surface area contributed by atoms with E-state index in [4.69, 9.17) is 9.47 Å². The summed E-state index contributed by atoms with van der Waals surface area (Å²) >= 11 is 0. The summed E-state index contributed by atoms with van der Waals surface area (Å²) in [6.07, 6.45) is 5.50. The molecule has 3 nitrogen and oxygen atoms in total. The van der Waals surface area contributed by atoms with Gasteiger partial charge in [-0.2, -0.15) is 0 Å². The zero-order valence-corrected chi connectivity index (χ0v) is 13.1. The molecular weight excluding hydrogens is 250 g/mol. The largest absolute Gasteiger partial charge is 0.497 e. The second-order valence-electron chi connectivity index (χ2n) is 5.83. The summed E-state index contributed by atoms with van der Waals surface area (Å²) in [5.74, 6) is 2.55. The first kappa shape index (κ1) is 15.2. The van der Waals surface area contributed by atoms with E-state index in [0.717, 1.165) is 17.4 Å².